The van der Waals surface area contributed by atoms with E-state index < -0.39 is 6.10 Å². The molecule has 0 saturated carbocycles. The zero-order valence-corrected chi connectivity index (χ0v) is 14.3. The first kappa shape index (κ1) is 14.8. The van der Waals surface area contributed by atoms with Gasteiger partial charge in [0.05, 0.1) is 16.4 Å². The number of halogens is 2. The van der Waals surface area contributed by atoms with Crippen LogP contribution in [0.2, 0.25) is 0 Å². The lowest BCUT2D eigenvalue weighted by atomic mass is 10.0. The van der Waals surface area contributed by atoms with Gasteiger partial charge in [-0.15, -0.1) is 0 Å². The van der Waals surface area contributed by atoms with E-state index in [1.54, 1.807) is 6.20 Å². The summed E-state index contributed by atoms with van der Waals surface area (Å²) in [5, 5.41) is 14.9. The van der Waals surface area contributed by atoms with Gasteiger partial charge in [-0.3, -0.25) is 4.68 Å². The average molecular weight is 388 g/mol. The van der Waals surface area contributed by atoms with E-state index in [1.807, 2.05) is 37.6 Å². The zero-order valence-electron chi connectivity index (χ0n) is 11.1. The van der Waals surface area contributed by atoms with Gasteiger partial charge in [-0.25, -0.2) is 0 Å². The van der Waals surface area contributed by atoms with E-state index in [-0.39, 0.29) is 0 Å². The fraction of sp³-hybridized carbons (Fsp3) is 0.357. The van der Waals surface area contributed by atoms with Crippen molar-refractivity contribution in [3.05, 3.63) is 49.7 Å². The Hall–Kier alpha value is -0.650. The summed E-state index contributed by atoms with van der Waals surface area (Å²) in [5.74, 6) is 0. The highest BCUT2D eigenvalue weighted by molar-refractivity contribution is 9.10. The topological polar surface area (TPSA) is 38.0 Å². The minimum Gasteiger partial charge on any atom is -0.382 e. The maximum Gasteiger partial charge on any atom is 0.122 e. The maximum absolute atomic E-state index is 10.6. The van der Waals surface area contributed by atoms with E-state index in [9.17, 15) is 5.11 Å². The van der Waals surface area contributed by atoms with Gasteiger partial charge in [0.2, 0.25) is 0 Å². The van der Waals surface area contributed by atoms with E-state index in [2.05, 4.69) is 37.0 Å². The number of aromatic nitrogens is 2. The summed E-state index contributed by atoms with van der Waals surface area (Å²) in [6.07, 6.45) is 1.04. The second-order valence-electron chi connectivity index (χ2n) is 4.56. The fourth-order valence-electron chi connectivity index (χ4n) is 2.19. The highest BCUT2D eigenvalue weighted by atomic mass is 79.9. The van der Waals surface area contributed by atoms with Gasteiger partial charge in [0.15, 0.2) is 0 Å². The van der Waals surface area contributed by atoms with Crippen molar-refractivity contribution in [3.8, 4) is 0 Å². The molecule has 0 radical (unpaired) electrons. The summed E-state index contributed by atoms with van der Waals surface area (Å²) >= 11 is 7.00. The van der Waals surface area contributed by atoms with E-state index in [0.29, 0.717) is 0 Å². The molecule has 0 saturated heterocycles. The second kappa shape index (κ2) is 5.77. The molecule has 2 aromatic rings. The molecule has 1 unspecified atom stereocenters. The number of benzene rings is 1. The molecule has 19 heavy (non-hydrogen) atoms. The van der Waals surface area contributed by atoms with Crippen molar-refractivity contribution >= 4 is 31.9 Å². The summed E-state index contributed by atoms with van der Waals surface area (Å²) in [6, 6.07) is 4.00. The Morgan fingerprint density at radius 1 is 1.26 bits per heavy atom. The number of rotatable bonds is 3. The lowest BCUT2D eigenvalue weighted by molar-refractivity contribution is 0.207. The number of aliphatic hydroxyl groups is 1. The lowest BCUT2D eigenvalue weighted by Gasteiger charge is -2.16. The van der Waals surface area contributed by atoms with Crippen molar-refractivity contribution in [1.29, 1.82) is 0 Å². The van der Waals surface area contributed by atoms with Gasteiger partial charge in [-0.2, -0.15) is 5.10 Å². The maximum atomic E-state index is 10.6. The van der Waals surface area contributed by atoms with Gasteiger partial charge in [-0.05, 0) is 53.4 Å². The lowest BCUT2D eigenvalue weighted by Crippen LogP contribution is -2.10. The van der Waals surface area contributed by atoms with Crippen molar-refractivity contribution in [2.45, 2.75) is 33.4 Å². The molecule has 1 aromatic heterocycles. The van der Waals surface area contributed by atoms with Crippen LogP contribution in [0.15, 0.2) is 27.3 Å². The number of hydrogen-bond acceptors (Lipinski definition) is 2. The molecule has 0 aliphatic carbocycles. The summed E-state index contributed by atoms with van der Waals surface area (Å²) in [4.78, 5) is 0. The van der Waals surface area contributed by atoms with Crippen molar-refractivity contribution in [3.63, 3.8) is 0 Å². The molecule has 0 amide bonds. The standard InChI is InChI=1S/C14H16Br2N2O/c1-4-18-13(11(15)7-17-18)14(19)10-5-8(2)12(16)9(3)6-10/h5-7,14,19H,4H2,1-3H3. The SMILES string of the molecule is CCn1ncc(Br)c1C(O)c1cc(C)c(Br)c(C)c1. The summed E-state index contributed by atoms with van der Waals surface area (Å²) < 4.78 is 3.73. The molecule has 1 N–H and O–H groups in total. The molecule has 0 fully saturated rings. The minimum atomic E-state index is -0.678. The molecule has 1 aromatic carbocycles. The molecule has 102 valence electrons. The van der Waals surface area contributed by atoms with Crippen LogP contribution < -0.4 is 0 Å². The first-order valence-electron chi connectivity index (χ1n) is 6.11. The first-order valence-corrected chi connectivity index (χ1v) is 7.70. The molecule has 0 aliphatic rings. The third kappa shape index (κ3) is 2.78. The van der Waals surface area contributed by atoms with Crippen LogP contribution in [0.5, 0.6) is 0 Å². The van der Waals surface area contributed by atoms with Crippen LogP contribution in [0.25, 0.3) is 0 Å². The molecule has 3 nitrogen and oxygen atoms in total. The third-order valence-corrected chi connectivity index (χ3v) is 5.03. The highest BCUT2D eigenvalue weighted by Gasteiger charge is 2.20. The van der Waals surface area contributed by atoms with Crippen molar-refractivity contribution in [2.24, 2.45) is 0 Å². The van der Waals surface area contributed by atoms with Gasteiger partial charge in [0.25, 0.3) is 0 Å². The summed E-state index contributed by atoms with van der Waals surface area (Å²) in [6.45, 7) is 6.79. The van der Waals surface area contributed by atoms with Crippen molar-refractivity contribution in [1.82, 2.24) is 9.78 Å². The van der Waals surface area contributed by atoms with Crippen LogP contribution >= 0.6 is 31.9 Å². The van der Waals surface area contributed by atoms with E-state index >= 15 is 0 Å². The molecular weight excluding hydrogens is 372 g/mol. The predicted molar refractivity (Wildman–Crippen MR) is 83.3 cm³/mol. The fourth-order valence-corrected chi connectivity index (χ4v) is 2.93. The number of nitrogens with zero attached hydrogens (tertiary/aromatic N) is 2. The van der Waals surface area contributed by atoms with Gasteiger partial charge in [0.1, 0.15) is 6.10 Å². The van der Waals surface area contributed by atoms with Crippen LogP contribution in [-0.2, 0) is 6.54 Å². The zero-order chi connectivity index (χ0) is 14.2. The number of aliphatic hydroxyl groups excluding tert-OH is 1. The first-order chi connectivity index (χ1) is 8.95. The summed E-state index contributed by atoms with van der Waals surface area (Å²) in [7, 11) is 0. The average Bonchev–Trinajstić information content (AvgIpc) is 2.75. The Labute approximate surface area is 129 Å². The largest absolute Gasteiger partial charge is 0.382 e. The Morgan fingerprint density at radius 3 is 2.37 bits per heavy atom. The van der Waals surface area contributed by atoms with E-state index in [1.165, 1.54) is 0 Å². The van der Waals surface area contributed by atoms with Crippen LogP contribution in [-0.4, -0.2) is 14.9 Å². The third-order valence-electron chi connectivity index (χ3n) is 3.17. The molecular formula is C14H16Br2N2O. The molecule has 2 rings (SSSR count). The minimum absolute atomic E-state index is 0.678. The van der Waals surface area contributed by atoms with Crippen LogP contribution in [0.4, 0.5) is 0 Å². The molecule has 5 heteroatoms. The second-order valence-corrected chi connectivity index (χ2v) is 6.21. The summed E-state index contributed by atoms with van der Waals surface area (Å²) in [5.41, 5.74) is 3.91. The van der Waals surface area contributed by atoms with Gasteiger partial charge in [0, 0.05) is 11.0 Å². The van der Waals surface area contributed by atoms with Gasteiger partial charge in [-0.1, -0.05) is 28.1 Å². The van der Waals surface area contributed by atoms with Crippen LogP contribution in [0, 0.1) is 13.8 Å². The van der Waals surface area contributed by atoms with Crippen LogP contribution in [0.1, 0.15) is 35.4 Å². The molecule has 0 spiro atoms. The highest BCUT2D eigenvalue weighted by Crippen LogP contribution is 2.32. The molecule has 1 atom stereocenters. The molecule has 0 aliphatic heterocycles. The monoisotopic (exact) mass is 386 g/mol. The smallest absolute Gasteiger partial charge is 0.122 e. The van der Waals surface area contributed by atoms with E-state index in [4.69, 9.17) is 0 Å². The quantitative estimate of drug-likeness (QED) is 0.859. The normalized spacial score (nSPS) is 12.7. The molecule has 0 bridgehead atoms. The Balaban J connectivity index is 2.49. The van der Waals surface area contributed by atoms with Crippen molar-refractivity contribution in [2.75, 3.05) is 0 Å². The van der Waals surface area contributed by atoms with Gasteiger partial charge >= 0.3 is 0 Å². The molecule has 1 heterocycles. The number of aryl methyl sites for hydroxylation is 3. The van der Waals surface area contributed by atoms with E-state index in [0.717, 1.165) is 37.9 Å². The number of hydrogen-bond donors (Lipinski definition) is 1. The van der Waals surface area contributed by atoms with Gasteiger partial charge < -0.3 is 5.11 Å². The Kier molecular flexibility index (Phi) is 4.48. The Morgan fingerprint density at radius 2 is 1.84 bits per heavy atom. The predicted octanol–water partition coefficient (Wildman–Crippen LogP) is 4.13. The Bertz CT molecular complexity index is 584. The van der Waals surface area contributed by atoms with Crippen molar-refractivity contribution < 1.29 is 5.11 Å². The van der Waals surface area contributed by atoms with Crippen LogP contribution in [0.3, 0.4) is 0 Å².